The molecule has 2 aromatic carbocycles. The lowest BCUT2D eigenvalue weighted by Gasteiger charge is -2.21. The molecule has 0 aliphatic heterocycles. The molecule has 8 heteroatoms. The van der Waals surface area contributed by atoms with E-state index in [9.17, 15) is 13.2 Å². The molecule has 25 heavy (non-hydrogen) atoms. The molecule has 0 aliphatic carbocycles. The number of nitrogens with zero attached hydrogens (tertiary/aromatic N) is 2. The molecule has 0 fully saturated rings. The first-order valence-electron chi connectivity index (χ1n) is 7.24. The van der Waals surface area contributed by atoms with Crippen LogP contribution in [0, 0.1) is 3.57 Å². The van der Waals surface area contributed by atoms with Crippen LogP contribution in [-0.2, 0) is 10.0 Å². The van der Waals surface area contributed by atoms with Gasteiger partial charge in [0, 0.05) is 20.7 Å². The van der Waals surface area contributed by atoms with Gasteiger partial charge in [0.05, 0.1) is 4.90 Å². The topological polar surface area (TPSA) is 67.3 Å². The Kier molecular flexibility index (Phi) is 5.50. The second kappa shape index (κ2) is 7.63. The van der Waals surface area contributed by atoms with Gasteiger partial charge in [0.1, 0.15) is 6.54 Å². The van der Waals surface area contributed by atoms with Gasteiger partial charge >= 0.3 is 0 Å². The van der Waals surface area contributed by atoms with Gasteiger partial charge in [0.2, 0.25) is 0 Å². The lowest BCUT2D eigenvalue weighted by Crippen LogP contribution is -2.35. The maximum absolute atomic E-state index is 13.0. The molecule has 3 aromatic rings. The van der Waals surface area contributed by atoms with Crippen LogP contribution in [0.4, 0.5) is 5.13 Å². The summed E-state index contributed by atoms with van der Waals surface area (Å²) in [6.07, 6.45) is 1.52. The van der Waals surface area contributed by atoms with E-state index in [0.29, 0.717) is 5.56 Å². The average Bonchev–Trinajstić information content (AvgIpc) is 3.15. The van der Waals surface area contributed by atoms with Gasteiger partial charge < -0.3 is 0 Å². The maximum Gasteiger partial charge on any atom is 0.266 e. The molecule has 3 rings (SSSR count). The number of Topliss-reactive ketones (excluding diaryl/α,β-unsaturated/α-hetero) is 1. The summed E-state index contributed by atoms with van der Waals surface area (Å²) < 4.78 is 28.0. The van der Waals surface area contributed by atoms with E-state index in [1.54, 1.807) is 35.7 Å². The van der Waals surface area contributed by atoms with Crippen LogP contribution in [0.3, 0.4) is 0 Å². The highest BCUT2D eigenvalue weighted by molar-refractivity contribution is 14.1. The number of aromatic nitrogens is 1. The Bertz CT molecular complexity index is 957. The smallest absolute Gasteiger partial charge is 0.266 e. The third-order valence-corrected chi connectivity index (χ3v) is 6.80. The van der Waals surface area contributed by atoms with Crippen molar-refractivity contribution in [2.75, 3.05) is 10.8 Å². The molecular formula is C17H13IN2O3S2. The number of hydrogen-bond acceptors (Lipinski definition) is 5. The van der Waals surface area contributed by atoms with E-state index in [2.05, 4.69) is 27.6 Å². The van der Waals surface area contributed by atoms with Crippen LogP contribution >= 0.6 is 33.9 Å². The van der Waals surface area contributed by atoms with Crippen LogP contribution < -0.4 is 4.31 Å². The molecule has 5 nitrogen and oxygen atoms in total. The minimum absolute atomic E-state index is 0.126. The fourth-order valence-electron chi connectivity index (χ4n) is 2.17. The van der Waals surface area contributed by atoms with Crippen molar-refractivity contribution in [3.8, 4) is 0 Å². The molecule has 1 aromatic heterocycles. The zero-order chi connectivity index (χ0) is 17.9. The van der Waals surface area contributed by atoms with Crippen molar-refractivity contribution in [1.82, 2.24) is 4.98 Å². The highest BCUT2D eigenvalue weighted by Gasteiger charge is 2.29. The Morgan fingerprint density at radius 1 is 1.08 bits per heavy atom. The van der Waals surface area contributed by atoms with Crippen molar-refractivity contribution < 1.29 is 13.2 Å². The van der Waals surface area contributed by atoms with Gasteiger partial charge in [-0.2, -0.15) is 0 Å². The van der Waals surface area contributed by atoms with Crippen molar-refractivity contribution in [3.05, 3.63) is 75.3 Å². The molecule has 0 aliphatic rings. The number of thiazole rings is 1. The molecule has 0 saturated carbocycles. The Morgan fingerprint density at radius 2 is 1.76 bits per heavy atom. The number of rotatable bonds is 6. The summed E-state index contributed by atoms with van der Waals surface area (Å²) in [4.78, 5) is 16.8. The van der Waals surface area contributed by atoms with Crippen molar-refractivity contribution >= 4 is 54.9 Å². The van der Waals surface area contributed by atoms with Crippen LogP contribution in [0.5, 0.6) is 0 Å². The second-order valence-electron chi connectivity index (χ2n) is 5.07. The zero-order valence-electron chi connectivity index (χ0n) is 12.9. The Labute approximate surface area is 163 Å². The largest absolute Gasteiger partial charge is 0.292 e. The predicted octanol–water partition coefficient (Wildman–Crippen LogP) is 3.83. The SMILES string of the molecule is O=C(CN(c1nccs1)S(=O)(=O)c1ccccc1)c1ccc(I)cc1. The van der Waals surface area contributed by atoms with Gasteiger partial charge in [-0.1, -0.05) is 30.3 Å². The summed E-state index contributed by atoms with van der Waals surface area (Å²) >= 11 is 3.32. The van der Waals surface area contributed by atoms with E-state index in [0.717, 1.165) is 7.88 Å². The van der Waals surface area contributed by atoms with Crippen LogP contribution in [0.2, 0.25) is 0 Å². The minimum Gasteiger partial charge on any atom is -0.292 e. The van der Waals surface area contributed by atoms with E-state index < -0.39 is 10.0 Å². The van der Waals surface area contributed by atoms with Crippen LogP contribution in [-0.4, -0.2) is 25.7 Å². The number of hydrogen-bond donors (Lipinski definition) is 0. The first kappa shape index (κ1) is 18.0. The molecule has 0 spiro atoms. The minimum atomic E-state index is -3.88. The van der Waals surface area contributed by atoms with Gasteiger partial charge in [-0.3, -0.25) is 4.79 Å². The van der Waals surface area contributed by atoms with Crippen LogP contribution in [0.1, 0.15) is 10.4 Å². The van der Waals surface area contributed by atoms with E-state index in [1.807, 2.05) is 12.1 Å². The number of anilines is 1. The van der Waals surface area contributed by atoms with E-state index in [1.165, 1.54) is 29.7 Å². The number of benzene rings is 2. The molecule has 0 unspecified atom stereocenters. The van der Waals surface area contributed by atoms with Crippen LogP contribution in [0.15, 0.2) is 71.1 Å². The first-order chi connectivity index (χ1) is 12.0. The molecule has 0 amide bonds. The van der Waals surface area contributed by atoms with E-state index >= 15 is 0 Å². The monoisotopic (exact) mass is 484 g/mol. The third-order valence-electron chi connectivity index (χ3n) is 3.42. The molecule has 0 bridgehead atoms. The van der Waals surface area contributed by atoms with Crippen LogP contribution in [0.25, 0.3) is 0 Å². The number of halogens is 1. The van der Waals surface area contributed by atoms with Crippen molar-refractivity contribution in [2.45, 2.75) is 4.90 Å². The number of carbonyl (C=O) groups excluding carboxylic acids is 1. The molecule has 0 atom stereocenters. The first-order valence-corrected chi connectivity index (χ1v) is 10.6. The second-order valence-corrected chi connectivity index (χ2v) is 9.05. The quantitative estimate of drug-likeness (QED) is 0.394. The molecule has 1 heterocycles. The van der Waals surface area contributed by atoms with Crippen molar-refractivity contribution in [3.63, 3.8) is 0 Å². The molecule has 0 N–H and O–H groups in total. The zero-order valence-corrected chi connectivity index (χ0v) is 16.7. The molecular weight excluding hydrogens is 471 g/mol. The molecule has 0 radical (unpaired) electrons. The highest BCUT2D eigenvalue weighted by atomic mass is 127. The third kappa shape index (κ3) is 4.07. The Balaban J connectivity index is 1.96. The number of sulfonamides is 1. The van der Waals surface area contributed by atoms with Crippen molar-refractivity contribution in [1.29, 1.82) is 0 Å². The van der Waals surface area contributed by atoms with E-state index in [4.69, 9.17) is 0 Å². The normalized spacial score (nSPS) is 11.2. The summed E-state index contributed by atoms with van der Waals surface area (Å²) in [5.41, 5.74) is 0.463. The number of carbonyl (C=O) groups is 1. The lowest BCUT2D eigenvalue weighted by molar-refractivity contribution is 0.100. The summed E-state index contributed by atoms with van der Waals surface area (Å²) in [6.45, 7) is -0.300. The van der Waals surface area contributed by atoms with Gasteiger partial charge in [-0.05, 0) is 46.9 Å². The van der Waals surface area contributed by atoms with Gasteiger partial charge in [0.15, 0.2) is 10.9 Å². The number of ketones is 1. The summed E-state index contributed by atoms with van der Waals surface area (Å²) in [7, 11) is -3.88. The Morgan fingerprint density at radius 3 is 2.36 bits per heavy atom. The Hall–Kier alpha value is -1.78. The standard InChI is InChI=1S/C17H13IN2O3S2/c18-14-8-6-13(7-9-14)16(21)12-20(17-19-10-11-24-17)25(22,23)15-4-2-1-3-5-15/h1-11H,12H2. The summed E-state index contributed by atoms with van der Waals surface area (Å²) in [5, 5.41) is 1.95. The fraction of sp³-hybridized carbons (Fsp3) is 0.0588. The maximum atomic E-state index is 13.0. The lowest BCUT2D eigenvalue weighted by atomic mass is 10.1. The highest BCUT2D eigenvalue weighted by Crippen LogP contribution is 2.26. The van der Waals surface area contributed by atoms with E-state index in [-0.39, 0.29) is 22.4 Å². The van der Waals surface area contributed by atoms with Gasteiger partial charge in [-0.25, -0.2) is 17.7 Å². The van der Waals surface area contributed by atoms with Gasteiger partial charge in [-0.15, -0.1) is 11.3 Å². The molecule has 128 valence electrons. The average molecular weight is 484 g/mol. The fourth-order valence-corrected chi connectivity index (χ4v) is 4.80. The predicted molar refractivity (Wildman–Crippen MR) is 107 cm³/mol. The summed E-state index contributed by atoms with van der Waals surface area (Å²) in [5.74, 6) is -0.286. The molecule has 0 saturated heterocycles. The summed E-state index contributed by atoms with van der Waals surface area (Å²) in [6, 6.07) is 15.1. The van der Waals surface area contributed by atoms with Crippen molar-refractivity contribution in [2.24, 2.45) is 0 Å². The van der Waals surface area contributed by atoms with Gasteiger partial charge in [0.25, 0.3) is 10.0 Å².